The first kappa shape index (κ1) is 9.25. The number of hydrogen-bond acceptors (Lipinski definition) is 1. The predicted molar refractivity (Wildman–Crippen MR) is 57.0 cm³/mol. The van der Waals surface area contributed by atoms with Crippen LogP contribution in [0.1, 0.15) is 44.0 Å². The highest BCUT2D eigenvalue weighted by molar-refractivity contribution is 9.10. The maximum Gasteiger partial charge on any atom is 0.177 e. The number of imidazole rings is 1. The summed E-state index contributed by atoms with van der Waals surface area (Å²) in [4.78, 5) is 4.57. The molecule has 72 valence electrons. The minimum atomic E-state index is 0.547. The van der Waals surface area contributed by atoms with E-state index in [4.69, 9.17) is 0 Å². The molecule has 0 spiro atoms. The second-order valence-corrected chi connectivity index (χ2v) is 4.69. The summed E-state index contributed by atoms with van der Waals surface area (Å²) in [5, 5.41) is 0. The molecule has 1 aromatic rings. The quantitative estimate of drug-likeness (QED) is 0.741. The topological polar surface area (TPSA) is 17.8 Å². The Morgan fingerprint density at radius 3 is 2.85 bits per heavy atom. The molecule has 2 nitrogen and oxygen atoms in total. The Morgan fingerprint density at radius 1 is 1.38 bits per heavy atom. The van der Waals surface area contributed by atoms with Crippen LogP contribution < -0.4 is 0 Å². The van der Waals surface area contributed by atoms with Crippen molar-refractivity contribution in [2.75, 3.05) is 0 Å². The summed E-state index contributed by atoms with van der Waals surface area (Å²) >= 11 is 3.52. The monoisotopic (exact) mass is 242 g/mol. The first-order valence-electron chi connectivity index (χ1n) is 4.95. The minimum absolute atomic E-state index is 0.547. The molecular formula is C10H15BrN2. The van der Waals surface area contributed by atoms with Crippen molar-refractivity contribution in [2.24, 2.45) is 0 Å². The second-order valence-electron chi connectivity index (χ2n) is 3.98. The molecule has 0 aliphatic carbocycles. The van der Waals surface area contributed by atoms with Gasteiger partial charge in [0, 0.05) is 12.2 Å². The third-order valence-corrected chi connectivity index (χ3v) is 3.25. The van der Waals surface area contributed by atoms with E-state index < -0.39 is 0 Å². The Morgan fingerprint density at radius 2 is 2.15 bits per heavy atom. The Kier molecular flexibility index (Phi) is 2.45. The van der Waals surface area contributed by atoms with Gasteiger partial charge in [-0.25, -0.2) is 4.98 Å². The van der Waals surface area contributed by atoms with Gasteiger partial charge in [0.25, 0.3) is 0 Å². The van der Waals surface area contributed by atoms with Crippen LogP contribution in [-0.2, 0) is 13.0 Å². The largest absolute Gasteiger partial charge is 0.322 e. The Bertz CT molecular complexity index is 315. The molecule has 0 bridgehead atoms. The van der Waals surface area contributed by atoms with Crippen LogP contribution in [0.3, 0.4) is 0 Å². The van der Waals surface area contributed by atoms with E-state index in [1.807, 2.05) is 0 Å². The molecule has 0 N–H and O–H groups in total. The van der Waals surface area contributed by atoms with Crippen molar-refractivity contribution < 1.29 is 0 Å². The normalized spacial score (nSPS) is 16.3. The molecule has 0 amide bonds. The number of halogens is 1. The van der Waals surface area contributed by atoms with Gasteiger partial charge in [-0.1, -0.05) is 13.8 Å². The van der Waals surface area contributed by atoms with E-state index >= 15 is 0 Å². The molecule has 0 radical (unpaired) electrons. The molecule has 0 saturated heterocycles. The SMILES string of the molecule is CC(C)c1nc(Br)n2c1CCCC2. The van der Waals surface area contributed by atoms with E-state index in [1.54, 1.807) is 0 Å². The predicted octanol–water partition coefficient (Wildman–Crippen LogP) is 3.11. The van der Waals surface area contributed by atoms with Crippen molar-refractivity contribution in [1.82, 2.24) is 9.55 Å². The van der Waals surface area contributed by atoms with Gasteiger partial charge in [-0.05, 0) is 41.1 Å². The molecule has 3 heteroatoms. The first-order chi connectivity index (χ1) is 6.20. The van der Waals surface area contributed by atoms with Crippen molar-refractivity contribution in [3.63, 3.8) is 0 Å². The molecule has 13 heavy (non-hydrogen) atoms. The third-order valence-electron chi connectivity index (χ3n) is 2.65. The van der Waals surface area contributed by atoms with E-state index in [-0.39, 0.29) is 0 Å². The van der Waals surface area contributed by atoms with Crippen LogP contribution in [0.5, 0.6) is 0 Å². The zero-order chi connectivity index (χ0) is 9.42. The number of fused-ring (bicyclic) bond motifs is 1. The summed E-state index contributed by atoms with van der Waals surface area (Å²) in [6.07, 6.45) is 3.81. The van der Waals surface area contributed by atoms with E-state index in [9.17, 15) is 0 Å². The van der Waals surface area contributed by atoms with Crippen molar-refractivity contribution >= 4 is 15.9 Å². The number of aromatic nitrogens is 2. The summed E-state index contributed by atoms with van der Waals surface area (Å²) in [7, 11) is 0. The van der Waals surface area contributed by atoms with Gasteiger partial charge in [0.05, 0.1) is 5.69 Å². The number of rotatable bonds is 1. The number of nitrogens with zero attached hydrogens (tertiary/aromatic N) is 2. The van der Waals surface area contributed by atoms with Gasteiger partial charge in [0.15, 0.2) is 4.73 Å². The molecule has 2 heterocycles. The Balaban J connectivity index is 2.47. The zero-order valence-electron chi connectivity index (χ0n) is 8.18. The van der Waals surface area contributed by atoms with Crippen LogP contribution in [0.4, 0.5) is 0 Å². The average molecular weight is 243 g/mol. The third kappa shape index (κ3) is 1.54. The lowest BCUT2D eigenvalue weighted by Gasteiger charge is -2.16. The summed E-state index contributed by atoms with van der Waals surface area (Å²) in [5.41, 5.74) is 2.74. The standard InChI is InChI=1S/C10H15BrN2/c1-7(2)9-8-5-3-4-6-13(8)10(11)12-9/h7H,3-6H2,1-2H3. The van der Waals surface area contributed by atoms with Gasteiger partial charge in [-0.15, -0.1) is 0 Å². The number of hydrogen-bond donors (Lipinski definition) is 0. The Hall–Kier alpha value is -0.310. The fourth-order valence-corrected chi connectivity index (χ4v) is 2.57. The Labute approximate surface area is 87.5 Å². The van der Waals surface area contributed by atoms with E-state index in [0.717, 1.165) is 11.3 Å². The molecule has 0 aromatic carbocycles. The van der Waals surface area contributed by atoms with Crippen LogP contribution in [0, 0.1) is 0 Å². The maximum absolute atomic E-state index is 4.57. The summed E-state index contributed by atoms with van der Waals surface area (Å²) in [5.74, 6) is 0.547. The van der Waals surface area contributed by atoms with Gasteiger partial charge < -0.3 is 4.57 Å². The molecule has 1 aliphatic rings. The molecule has 0 saturated carbocycles. The van der Waals surface area contributed by atoms with Crippen molar-refractivity contribution in [3.05, 3.63) is 16.1 Å². The van der Waals surface area contributed by atoms with Crippen molar-refractivity contribution in [1.29, 1.82) is 0 Å². The van der Waals surface area contributed by atoms with Crippen LogP contribution in [0.25, 0.3) is 0 Å². The van der Waals surface area contributed by atoms with E-state index in [1.165, 1.54) is 30.7 Å². The van der Waals surface area contributed by atoms with E-state index in [2.05, 4.69) is 39.3 Å². The molecule has 2 rings (SSSR count). The molecule has 0 atom stereocenters. The highest BCUT2D eigenvalue weighted by Crippen LogP contribution is 2.28. The van der Waals surface area contributed by atoms with Crippen molar-refractivity contribution in [3.8, 4) is 0 Å². The minimum Gasteiger partial charge on any atom is -0.322 e. The van der Waals surface area contributed by atoms with Gasteiger partial charge in [0.1, 0.15) is 0 Å². The molecule has 0 unspecified atom stereocenters. The lowest BCUT2D eigenvalue weighted by molar-refractivity contribution is 0.520. The molecule has 1 aliphatic heterocycles. The van der Waals surface area contributed by atoms with Crippen LogP contribution in [0.15, 0.2) is 4.73 Å². The average Bonchev–Trinajstić information content (AvgIpc) is 2.45. The molecule has 0 fully saturated rings. The maximum atomic E-state index is 4.57. The summed E-state index contributed by atoms with van der Waals surface area (Å²) in [6, 6.07) is 0. The lowest BCUT2D eigenvalue weighted by Crippen LogP contribution is -2.11. The lowest BCUT2D eigenvalue weighted by atomic mass is 10.0. The van der Waals surface area contributed by atoms with Crippen LogP contribution in [-0.4, -0.2) is 9.55 Å². The van der Waals surface area contributed by atoms with Crippen molar-refractivity contribution in [2.45, 2.75) is 45.6 Å². The van der Waals surface area contributed by atoms with Gasteiger partial charge in [-0.3, -0.25) is 0 Å². The fourth-order valence-electron chi connectivity index (χ4n) is 1.99. The van der Waals surface area contributed by atoms with Gasteiger partial charge in [-0.2, -0.15) is 0 Å². The van der Waals surface area contributed by atoms with Gasteiger partial charge >= 0.3 is 0 Å². The van der Waals surface area contributed by atoms with Gasteiger partial charge in [0.2, 0.25) is 0 Å². The zero-order valence-corrected chi connectivity index (χ0v) is 9.76. The molecule has 1 aromatic heterocycles. The van der Waals surface area contributed by atoms with E-state index in [0.29, 0.717) is 5.92 Å². The highest BCUT2D eigenvalue weighted by Gasteiger charge is 2.19. The molecular weight excluding hydrogens is 228 g/mol. The van der Waals surface area contributed by atoms with Crippen LogP contribution >= 0.6 is 15.9 Å². The highest BCUT2D eigenvalue weighted by atomic mass is 79.9. The summed E-state index contributed by atoms with van der Waals surface area (Å²) in [6.45, 7) is 5.56. The fraction of sp³-hybridized carbons (Fsp3) is 0.700. The second kappa shape index (κ2) is 3.45. The van der Waals surface area contributed by atoms with Crippen LogP contribution in [0.2, 0.25) is 0 Å². The first-order valence-corrected chi connectivity index (χ1v) is 5.74. The summed E-state index contributed by atoms with van der Waals surface area (Å²) < 4.78 is 3.34. The smallest absolute Gasteiger partial charge is 0.177 e.